The molecule has 8 heteroatoms. The van der Waals surface area contributed by atoms with Gasteiger partial charge in [-0.25, -0.2) is 4.98 Å². The van der Waals surface area contributed by atoms with Crippen molar-refractivity contribution in [3.8, 4) is 6.07 Å². The quantitative estimate of drug-likeness (QED) is 0.818. The minimum absolute atomic E-state index is 0. The summed E-state index contributed by atoms with van der Waals surface area (Å²) in [5.74, 6) is 1.69. The number of nitriles is 1. The highest BCUT2D eigenvalue weighted by atomic mass is 35.5. The number of amides is 1. The third-order valence-corrected chi connectivity index (χ3v) is 5.27. The molecule has 2 aliphatic heterocycles. The highest BCUT2D eigenvalue weighted by Crippen LogP contribution is 2.27. The summed E-state index contributed by atoms with van der Waals surface area (Å²) in [5.41, 5.74) is 0.554. The van der Waals surface area contributed by atoms with E-state index in [-0.39, 0.29) is 24.4 Å². The summed E-state index contributed by atoms with van der Waals surface area (Å²) in [5, 5.41) is 12.7. The molecule has 0 bridgehead atoms. The Labute approximate surface area is 167 Å². The molecule has 2 atom stereocenters. The summed E-state index contributed by atoms with van der Waals surface area (Å²) in [7, 11) is 0. The summed E-state index contributed by atoms with van der Waals surface area (Å²) in [6.45, 7) is 9.12. The number of pyridine rings is 1. The van der Waals surface area contributed by atoms with Gasteiger partial charge >= 0.3 is 0 Å². The van der Waals surface area contributed by atoms with Gasteiger partial charge < -0.3 is 15.0 Å². The first-order valence-electron chi connectivity index (χ1n) is 9.28. The van der Waals surface area contributed by atoms with Crippen LogP contribution in [0.25, 0.3) is 0 Å². The molecule has 7 nitrogen and oxygen atoms in total. The van der Waals surface area contributed by atoms with E-state index in [1.54, 1.807) is 18.3 Å². The second kappa shape index (κ2) is 9.88. The highest BCUT2D eigenvalue weighted by Gasteiger charge is 2.36. The molecular weight excluding hydrogens is 366 g/mol. The smallest absolute Gasteiger partial charge is 0.236 e. The molecule has 2 aliphatic rings. The fourth-order valence-electron chi connectivity index (χ4n) is 3.76. The Morgan fingerprint density at radius 1 is 1.41 bits per heavy atom. The van der Waals surface area contributed by atoms with E-state index in [4.69, 9.17) is 4.74 Å². The fraction of sp³-hybridized carbons (Fsp3) is 0.632. The molecule has 0 saturated carbocycles. The number of hydrogen-bond acceptors (Lipinski definition) is 6. The molecule has 148 valence electrons. The van der Waals surface area contributed by atoms with Crippen molar-refractivity contribution < 1.29 is 9.53 Å². The first-order valence-corrected chi connectivity index (χ1v) is 9.28. The van der Waals surface area contributed by atoms with Crippen molar-refractivity contribution in [3.05, 3.63) is 23.9 Å². The van der Waals surface area contributed by atoms with Gasteiger partial charge in [0.25, 0.3) is 0 Å². The van der Waals surface area contributed by atoms with Gasteiger partial charge in [-0.05, 0) is 24.0 Å². The summed E-state index contributed by atoms with van der Waals surface area (Å²) < 4.78 is 5.32. The van der Waals surface area contributed by atoms with Gasteiger partial charge in [0.2, 0.25) is 5.91 Å². The molecule has 1 N–H and O–H groups in total. The molecule has 0 aromatic carbocycles. The molecule has 1 amide bonds. The van der Waals surface area contributed by atoms with Gasteiger partial charge in [0, 0.05) is 38.4 Å². The van der Waals surface area contributed by atoms with Gasteiger partial charge in [-0.1, -0.05) is 13.8 Å². The summed E-state index contributed by atoms with van der Waals surface area (Å²) >= 11 is 0. The Kier molecular flexibility index (Phi) is 7.84. The Hall–Kier alpha value is -1.88. The molecule has 2 fully saturated rings. The molecule has 2 saturated heterocycles. The minimum Gasteiger partial charge on any atom is -0.378 e. The molecule has 1 aromatic rings. The number of nitrogens with zero attached hydrogens (tertiary/aromatic N) is 4. The van der Waals surface area contributed by atoms with Gasteiger partial charge in [0.05, 0.1) is 25.3 Å². The number of ether oxygens (including phenoxy) is 1. The second-order valence-corrected chi connectivity index (χ2v) is 7.36. The van der Waals surface area contributed by atoms with Crippen molar-refractivity contribution in [2.45, 2.75) is 19.9 Å². The van der Waals surface area contributed by atoms with E-state index in [0.29, 0.717) is 56.1 Å². The normalized spacial score (nSPS) is 23.0. The molecule has 1 aromatic heterocycles. The van der Waals surface area contributed by atoms with Crippen LogP contribution in [0.2, 0.25) is 0 Å². The predicted octanol–water partition coefficient (Wildman–Crippen LogP) is 1.60. The average Bonchev–Trinajstić information content (AvgIpc) is 3.05. The highest BCUT2D eigenvalue weighted by molar-refractivity contribution is 5.85. The fourth-order valence-corrected chi connectivity index (χ4v) is 3.76. The molecule has 0 radical (unpaired) electrons. The lowest BCUT2D eigenvalue weighted by molar-refractivity contribution is -0.136. The Morgan fingerprint density at radius 2 is 2.15 bits per heavy atom. The maximum absolute atomic E-state index is 12.5. The van der Waals surface area contributed by atoms with E-state index >= 15 is 0 Å². The van der Waals surface area contributed by atoms with Crippen LogP contribution in [0.15, 0.2) is 18.3 Å². The van der Waals surface area contributed by atoms with Crippen molar-refractivity contribution in [1.82, 2.24) is 14.8 Å². The van der Waals surface area contributed by atoms with E-state index in [2.05, 4.69) is 35.1 Å². The lowest BCUT2D eigenvalue weighted by Gasteiger charge is -2.28. The van der Waals surface area contributed by atoms with Gasteiger partial charge in [0.1, 0.15) is 11.9 Å². The van der Waals surface area contributed by atoms with Crippen LogP contribution in [0, 0.1) is 23.2 Å². The van der Waals surface area contributed by atoms with Gasteiger partial charge in [-0.15, -0.1) is 12.4 Å². The first-order chi connectivity index (χ1) is 12.6. The molecule has 0 spiro atoms. The SMILES string of the molecule is CC(C)[C@H]1CN(CC(=O)N2CCOCC2)C[C@@H]1Nc1ncccc1C#N.Cl. The maximum atomic E-state index is 12.5. The molecule has 27 heavy (non-hydrogen) atoms. The number of carbonyl (C=O) groups is 1. The average molecular weight is 394 g/mol. The van der Waals surface area contributed by atoms with Crippen molar-refractivity contribution in [1.29, 1.82) is 5.26 Å². The molecular formula is C19H28ClN5O2. The molecule has 0 aliphatic carbocycles. The third-order valence-electron chi connectivity index (χ3n) is 5.27. The zero-order valence-electron chi connectivity index (χ0n) is 15.9. The van der Waals surface area contributed by atoms with Gasteiger partial charge in [0.15, 0.2) is 0 Å². The van der Waals surface area contributed by atoms with Crippen LogP contribution in [0.4, 0.5) is 5.82 Å². The van der Waals surface area contributed by atoms with Crippen molar-refractivity contribution in [2.24, 2.45) is 11.8 Å². The zero-order valence-corrected chi connectivity index (χ0v) is 16.7. The number of halogens is 1. The van der Waals surface area contributed by atoms with Crippen LogP contribution in [0.1, 0.15) is 19.4 Å². The summed E-state index contributed by atoms with van der Waals surface area (Å²) in [6, 6.07) is 5.91. The van der Waals surface area contributed by atoms with Crippen LogP contribution in [-0.2, 0) is 9.53 Å². The van der Waals surface area contributed by atoms with Crippen molar-refractivity contribution in [3.63, 3.8) is 0 Å². The van der Waals surface area contributed by atoms with Crippen molar-refractivity contribution >= 4 is 24.1 Å². The third kappa shape index (κ3) is 5.32. The van der Waals surface area contributed by atoms with Crippen LogP contribution >= 0.6 is 12.4 Å². The van der Waals surface area contributed by atoms with Crippen LogP contribution in [0.5, 0.6) is 0 Å². The number of likely N-dealkylation sites (tertiary alicyclic amines) is 1. The minimum atomic E-state index is 0. The Bertz CT molecular complexity index is 672. The summed E-state index contributed by atoms with van der Waals surface area (Å²) in [6.07, 6.45) is 1.70. The van der Waals surface area contributed by atoms with Crippen LogP contribution in [0.3, 0.4) is 0 Å². The van der Waals surface area contributed by atoms with E-state index in [1.165, 1.54) is 0 Å². The maximum Gasteiger partial charge on any atom is 0.236 e. The topological polar surface area (TPSA) is 81.5 Å². The molecule has 0 unspecified atom stereocenters. The first kappa shape index (κ1) is 21.4. The molecule has 3 rings (SSSR count). The Morgan fingerprint density at radius 3 is 2.81 bits per heavy atom. The van der Waals surface area contributed by atoms with E-state index in [9.17, 15) is 10.1 Å². The lowest BCUT2D eigenvalue weighted by Crippen LogP contribution is -2.45. The van der Waals surface area contributed by atoms with Gasteiger partial charge in [-0.2, -0.15) is 5.26 Å². The number of hydrogen-bond donors (Lipinski definition) is 1. The number of rotatable bonds is 5. The van der Waals surface area contributed by atoms with E-state index < -0.39 is 0 Å². The predicted molar refractivity (Wildman–Crippen MR) is 106 cm³/mol. The van der Waals surface area contributed by atoms with E-state index in [1.807, 2.05) is 4.90 Å². The summed E-state index contributed by atoms with van der Waals surface area (Å²) in [4.78, 5) is 21.0. The monoisotopic (exact) mass is 393 g/mol. The number of morpholine rings is 1. The molecule has 3 heterocycles. The largest absolute Gasteiger partial charge is 0.378 e. The number of anilines is 1. The Balaban J connectivity index is 0.00000261. The van der Waals surface area contributed by atoms with E-state index in [0.717, 1.165) is 13.1 Å². The van der Waals surface area contributed by atoms with Crippen LogP contribution < -0.4 is 5.32 Å². The van der Waals surface area contributed by atoms with Crippen molar-refractivity contribution in [2.75, 3.05) is 51.3 Å². The van der Waals surface area contributed by atoms with Crippen LogP contribution in [-0.4, -0.2) is 72.7 Å². The lowest BCUT2D eigenvalue weighted by atomic mass is 9.91. The van der Waals surface area contributed by atoms with Gasteiger partial charge in [-0.3, -0.25) is 9.69 Å². The second-order valence-electron chi connectivity index (χ2n) is 7.36. The number of nitrogens with one attached hydrogen (secondary N) is 1. The zero-order chi connectivity index (χ0) is 18.5. The number of carbonyl (C=O) groups excluding carboxylic acids is 1. The standard InChI is InChI=1S/C19H27N5O2.ClH/c1-14(2)16-11-23(13-18(25)24-6-8-26-9-7-24)12-17(16)22-19-15(10-20)4-3-5-21-19;/h3-5,14,16-17H,6-9,11-13H2,1-2H3,(H,21,22);1H/t16-,17+;/m1./s1. The number of aromatic nitrogens is 1.